The highest BCUT2D eigenvalue weighted by molar-refractivity contribution is 7.53. The van der Waals surface area contributed by atoms with Gasteiger partial charge in [-0.05, 0) is 46.6 Å². The van der Waals surface area contributed by atoms with E-state index in [1.165, 1.54) is 32.3 Å². The third kappa shape index (κ3) is 9.01. The van der Waals surface area contributed by atoms with E-state index in [0.29, 0.717) is 16.7 Å². The molecule has 3 heterocycles. The number of carbonyl (C=O) groups is 2. The Morgan fingerprint density at radius 2 is 1.71 bits per heavy atom. The van der Waals surface area contributed by atoms with Gasteiger partial charge in [-0.3, -0.25) is 23.2 Å². The van der Waals surface area contributed by atoms with E-state index in [1.807, 2.05) is 0 Å². The first-order valence-corrected chi connectivity index (χ1v) is 17.3. The fraction of sp³-hybridized carbons (Fsp3) is 0.655. The second kappa shape index (κ2) is 15.3. The van der Waals surface area contributed by atoms with E-state index in [9.17, 15) is 29.6 Å². The number of nitriles is 1. The Labute approximate surface area is 282 Å². The summed E-state index contributed by atoms with van der Waals surface area (Å²) in [5, 5.41) is 35.5. The average Bonchev–Trinajstić information content (AvgIpc) is 3.73. The van der Waals surface area contributed by atoms with Crippen molar-refractivity contribution in [3.63, 3.8) is 0 Å². The molecule has 2 aromatic heterocycles. The van der Waals surface area contributed by atoms with E-state index in [4.69, 9.17) is 51.1 Å². The molecule has 1 saturated carbocycles. The summed E-state index contributed by atoms with van der Waals surface area (Å²) in [5.41, 5.74) is 9.69. The Morgan fingerprint density at radius 1 is 1.12 bits per heavy atom. The van der Waals surface area contributed by atoms with Gasteiger partial charge in [0.2, 0.25) is 13.6 Å². The van der Waals surface area contributed by atoms with Gasteiger partial charge in [-0.15, -0.1) is 0 Å². The summed E-state index contributed by atoms with van der Waals surface area (Å²) in [7, 11) is -4.28. The third-order valence-electron chi connectivity index (χ3n) is 7.71. The molecule has 0 radical (unpaired) electrons. The number of halogens is 1. The van der Waals surface area contributed by atoms with E-state index in [2.05, 4.69) is 16.4 Å². The SMILES string of the molecule is CC(C)(N)C(=O)OCOP(=O)(COC[C@H]1O[C@@H](n2ccc3c(NC4CCCC4)c(C#N)c(Cl)nc32)[C@H](O)[C@@H]1O)OCOC(=O)C(C)(C)N. The van der Waals surface area contributed by atoms with E-state index in [-0.39, 0.29) is 16.8 Å². The lowest BCUT2D eigenvalue weighted by molar-refractivity contribution is -0.158. The normalized spacial score (nSPS) is 22.2. The number of hydrogen-bond donors (Lipinski definition) is 5. The molecule has 0 spiro atoms. The van der Waals surface area contributed by atoms with Crippen molar-refractivity contribution < 1.29 is 52.4 Å². The van der Waals surface area contributed by atoms with Crippen molar-refractivity contribution in [2.75, 3.05) is 31.9 Å². The highest BCUT2D eigenvalue weighted by Gasteiger charge is 2.45. The molecular weight excluding hydrogens is 675 g/mol. The van der Waals surface area contributed by atoms with Crippen LogP contribution in [-0.2, 0) is 42.1 Å². The van der Waals surface area contributed by atoms with E-state index < -0.39 is 81.7 Å². The van der Waals surface area contributed by atoms with Gasteiger partial charge in [-0.2, -0.15) is 5.26 Å². The Hall–Kier alpha value is -2.88. The van der Waals surface area contributed by atoms with E-state index in [1.54, 1.807) is 12.3 Å². The van der Waals surface area contributed by atoms with E-state index >= 15 is 0 Å². The zero-order chi connectivity index (χ0) is 35.4. The minimum Gasteiger partial charge on any atom is -0.437 e. The van der Waals surface area contributed by atoms with Crippen molar-refractivity contribution >= 4 is 47.9 Å². The summed E-state index contributed by atoms with van der Waals surface area (Å²) >= 11 is 6.41. The lowest BCUT2D eigenvalue weighted by atomic mass is 10.1. The average molecular weight is 717 g/mol. The highest BCUT2D eigenvalue weighted by atomic mass is 35.5. The van der Waals surface area contributed by atoms with Crippen LogP contribution in [0.5, 0.6) is 0 Å². The van der Waals surface area contributed by atoms with Gasteiger partial charge in [0, 0.05) is 17.6 Å². The van der Waals surface area contributed by atoms with Gasteiger partial charge in [0.1, 0.15) is 53.0 Å². The second-order valence-corrected chi connectivity index (χ2v) is 15.2. The standard InChI is InChI=1S/C29H42ClN6O11P/c1-28(2,32)26(39)43-13-45-48(41,46-14-44-27(40)29(3,4)33)15-42-12-19-21(37)22(38)25(47-19)36-10-9-17-20(34-16-7-5-6-8-16)18(11-31)23(30)35-24(17)36/h9-10,16,19,21-22,25,37-38H,5-8,12-15,32-33H2,1-4H3,(H,34,35)/t19-,21-,22-,25-/m1/s1. The number of nitrogens with zero attached hydrogens (tertiary/aromatic N) is 3. The van der Waals surface area contributed by atoms with Crippen LogP contribution in [0.2, 0.25) is 5.15 Å². The van der Waals surface area contributed by atoms with Crippen molar-refractivity contribution in [1.82, 2.24) is 9.55 Å². The summed E-state index contributed by atoms with van der Waals surface area (Å²) in [6.45, 7) is 3.52. The van der Waals surface area contributed by atoms with Gasteiger partial charge in [0.15, 0.2) is 11.4 Å². The molecule has 0 bridgehead atoms. The Morgan fingerprint density at radius 3 is 2.25 bits per heavy atom. The summed E-state index contributed by atoms with van der Waals surface area (Å²) < 4.78 is 46.5. The van der Waals surface area contributed by atoms with Crippen LogP contribution in [0.25, 0.3) is 11.0 Å². The molecule has 4 rings (SSSR count). The van der Waals surface area contributed by atoms with Crippen LogP contribution in [0.1, 0.15) is 65.2 Å². The molecule has 1 aliphatic heterocycles. The predicted octanol–water partition coefficient (Wildman–Crippen LogP) is 2.21. The number of aliphatic hydroxyl groups is 2. The predicted molar refractivity (Wildman–Crippen MR) is 170 cm³/mol. The summed E-state index contributed by atoms with van der Waals surface area (Å²) in [4.78, 5) is 28.4. The van der Waals surface area contributed by atoms with Crippen molar-refractivity contribution in [3.05, 3.63) is 23.0 Å². The number of aromatic nitrogens is 2. The number of esters is 2. The van der Waals surface area contributed by atoms with Gasteiger partial charge in [0.25, 0.3) is 0 Å². The lowest BCUT2D eigenvalue weighted by Gasteiger charge is -2.22. The highest BCUT2D eigenvalue weighted by Crippen LogP contribution is 2.48. The minimum absolute atomic E-state index is 0.0319. The van der Waals surface area contributed by atoms with Crippen LogP contribution in [0, 0.1) is 11.3 Å². The van der Waals surface area contributed by atoms with Gasteiger partial charge >= 0.3 is 19.5 Å². The Bertz CT molecular complexity index is 1530. The van der Waals surface area contributed by atoms with Crippen LogP contribution >= 0.6 is 19.2 Å². The summed E-state index contributed by atoms with van der Waals surface area (Å²) in [6, 6.07) is 3.99. The van der Waals surface area contributed by atoms with Crippen LogP contribution < -0.4 is 16.8 Å². The molecule has 2 fully saturated rings. The Balaban J connectivity index is 1.44. The molecule has 2 aromatic rings. The fourth-order valence-corrected chi connectivity index (χ4v) is 6.25. The fourth-order valence-electron chi connectivity index (χ4n) is 5.05. The zero-order valence-electron chi connectivity index (χ0n) is 27.1. The molecule has 2 aliphatic rings. The van der Waals surface area contributed by atoms with Gasteiger partial charge in [-0.1, -0.05) is 24.4 Å². The van der Waals surface area contributed by atoms with Crippen molar-refractivity contribution in [2.24, 2.45) is 11.5 Å². The molecule has 0 amide bonds. The van der Waals surface area contributed by atoms with Crippen LogP contribution in [0.3, 0.4) is 0 Å². The number of hydrogen-bond acceptors (Lipinski definition) is 16. The number of fused-ring (bicyclic) bond motifs is 1. The molecule has 48 heavy (non-hydrogen) atoms. The number of nitrogens with two attached hydrogens (primary N) is 2. The molecule has 1 aliphatic carbocycles. The zero-order valence-corrected chi connectivity index (χ0v) is 28.7. The number of aliphatic hydroxyl groups excluding tert-OH is 2. The van der Waals surface area contributed by atoms with Crippen LogP contribution in [0.15, 0.2) is 12.3 Å². The molecule has 7 N–H and O–H groups in total. The van der Waals surface area contributed by atoms with Crippen molar-refractivity contribution in [1.29, 1.82) is 5.26 Å². The van der Waals surface area contributed by atoms with E-state index in [0.717, 1.165) is 25.7 Å². The molecule has 0 aromatic carbocycles. The molecule has 1 saturated heterocycles. The quantitative estimate of drug-likeness (QED) is 0.0766. The molecule has 19 heteroatoms. The minimum atomic E-state index is -4.28. The largest absolute Gasteiger partial charge is 0.437 e. The second-order valence-electron chi connectivity index (χ2n) is 12.8. The molecular formula is C29H42ClN6O11P. The Kier molecular flexibility index (Phi) is 12.1. The smallest absolute Gasteiger partial charge is 0.361 e. The number of anilines is 1. The maximum Gasteiger partial charge on any atom is 0.361 e. The first-order valence-electron chi connectivity index (χ1n) is 15.2. The van der Waals surface area contributed by atoms with Crippen molar-refractivity contribution in [2.45, 2.75) is 95.0 Å². The monoisotopic (exact) mass is 716 g/mol. The number of pyridine rings is 1. The van der Waals surface area contributed by atoms with Gasteiger partial charge in [0.05, 0.1) is 12.3 Å². The van der Waals surface area contributed by atoms with Crippen LogP contribution in [-0.4, -0.2) is 93.7 Å². The first kappa shape index (κ1) is 37.9. The topological polar surface area (TPSA) is 253 Å². The van der Waals surface area contributed by atoms with Crippen molar-refractivity contribution in [3.8, 4) is 6.07 Å². The maximum absolute atomic E-state index is 13.4. The number of nitrogens with one attached hydrogen (secondary N) is 1. The number of carbonyl (C=O) groups excluding carboxylic acids is 2. The molecule has 266 valence electrons. The van der Waals surface area contributed by atoms with Gasteiger partial charge in [-0.25, -0.2) is 4.98 Å². The van der Waals surface area contributed by atoms with Crippen LogP contribution in [0.4, 0.5) is 5.69 Å². The molecule has 0 unspecified atom stereocenters. The number of ether oxygens (including phenoxy) is 4. The number of rotatable bonds is 15. The summed E-state index contributed by atoms with van der Waals surface area (Å²) in [6.07, 6.45) is -0.308. The maximum atomic E-state index is 13.4. The summed E-state index contributed by atoms with van der Waals surface area (Å²) in [5.74, 6) is -1.71. The first-order chi connectivity index (χ1) is 22.4. The molecule has 4 atom stereocenters. The molecule has 17 nitrogen and oxygen atoms in total. The lowest BCUT2D eigenvalue weighted by Crippen LogP contribution is -2.43. The third-order valence-corrected chi connectivity index (χ3v) is 9.48. The van der Waals surface area contributed by atoms with Gasteiger partial charge < -0.3 is 50.5 Å².